The van der Waals surface area contributed by atoms with Crippen molar-refractivity contribution in [1.82, 2.24) is 4.90 Å². The van der Waals surface area contributed by atoms with Crippen LogP contribution in [0.25, 0.3) is 0 Å². The highest BCUT2D eigenvalue weighted by Gasteiger charge is 2.22. The van der Waals surface area contributed by atoms with E-state index in [9.17, 15) is 17.6 Å². The van der Waals surface area contributed by atoms with E-state index in [0.29, 0.717) is 18.8 Å². The van der Waals surface area contributed by atoms with E-state index in [1.165, 1.54) is 18.2 Å². The first-order chi connectivity index (χ1) is 9.35. The molecule has 0 bridgehead atoms. The number of amides is 1. The first-order valence-corrected chi connectivity index (χ1v) is 8.23. The van der Waals surface area contributed by atoms with Crippen molar-refractivity contribution < 1.29 is 17.6 Å². The number of anilines is 1. The molecule has 1 fully saturated rings. The Balaban J connectivity index is 1.88. The molecule has 0 radical (unpaired) electrons. The minimum absolute atomic E-state index is 0.0631. The molecule has 2 rings (SSSR count). The molecule has 1 N–H and O–H groups in total. The van der Waals surface area contributed by atoms with Crippen LogP contribution in [0, 0.1) is 5.82 Å². The second-order valence-electron chi connectivity index (χ2n) is 4.61. The van der Waals surface area contributed by atoms with Gasteiger partial charge in [-0.1, -0.05) is 11.6 Å². The maximum atomic E-state index is 13.0. The SMILES string of the molecule is O=C(CN1CCS(=O)(=O)CC1)Nc1ccc(F)c(Cl)c1. The van der Waals surface area contributed by atoms with E-state index in [4.69, 9.17) is 11.6 Å². The number of nitrogens with one attached hydrogen (secondary N) is 1. The van der Waals surface area contributed by atoms with Gasteiger partial charge in [0.2, 0.25) is 5.91 Å². The topological polar surface area (TPSA) is 66.5 Å². The van der Waals surface area contributed by atoms with Crippen LogP contribution in [0.1, 0.15) is 0 Å². The number of hydrogen-bond acceptors (Lipinski definition) is 4. The van der Waals surface area contributed by atoms with Crippen LogP contribution in [0.4, 0.5) is 10.1 Å². The highest BCUT2D eigenvalue weighted by molar-refractivity contribution is 7.91. The summed E-state index contributed by atoms with van der Waals surface area (Å²) in [7, 11) is -2.95. The van der Waals surface area contributed by atoms with Gasteiger partial charge in [-0.3, -0.25) is 9.69 Å². The molecule has 0 aromatic heterocycles. The molecule has 0 aliphatic carbocycles. The molecule has 1 heterocycles. The van der Waals surface area contributed by atoms with Crippen LogP contribution in [0.15, 0.2) is 18.2 Å². The lowest BCUT2D eigenvalue weighted by atomic mass is 10.3. The molecule has 0 unspecified atom stereocenters. The summed E-state index contributed by atoms with van der Waals surface area (Å²) in [6.07, 6.45) is 0. The predicted octanol–water partition coefficient (Wildman–Crippen LogP) is 1.15. The maximum Gasteiger partial charge on any atom is 0.238 e. The lowest BCUT2D eigenvalue weighted by Gasteiger charge is -2.25. The average molecular weight is 321 g/mol. The molecule has 1 saturated heterocycles. The summed E-state index contributed by atoms with van der Waals surface area (Å²) in [5, 5.41) is 2.53. The molecule has 1 aromatic rings. The van der Waals surface area contributed by atoms with Crippen LogP contribution < -0.4 is 5.32 Å². The fourth-order valence-corrected chi connectivity index (χ4v) is 3.34. The smallest absolute Gasteiger partial charge is 0.238 e. The van der Waals surface area contributed by atoms with E-state index < -0.39 is 15.7 Å². The Morgan fingerprint density at radius 2 is 2.00 bits per heavy atom. The van der Waals surface area contributed by atoms with Crippen LogP contribution in [-0.4, -0.2) is 50.4 Å². The molecule has 8 heteroatoms. The third-order valence-corrected chi connectivity index (χ3v) is 4.91. The van der Waals surface area contributed by atoms with Crippen LogP contribution in [0.5, 0.6) is 0 Å². The van der Waals surface area contributed by atoms with Gasteiger partial charge in [-0.05, 0) is 18.2 Å². The minimum Gasteiger partial charge on any atom is -0.325 e. The number of sulfone groups is 1. The lowest BCUT2D eigenvalue weighted by Crippen LogP contribution is -2.43. The molecular weight excluding hydrogens is 307 g/mol. The van der Waals surface area contributed by atoms with E-state index in [2.05, 4.69) is 5.32 Å². The van der Waals surface area contributed by atoms with Gasteiger partial charge in [-0.25, -0.2) is 12.8 Å². The zero-order chi connectivity index (χ0) is 14.8. The maximum absolute atomic E-state index is 13.0. The number of rotatable bonds is 3. The van der Waals surface area contributed by atoms with Crippen LogP contribution in [0.2, 0.25) is 5.02 Å². The zero-order valence-electron chi connectivity index (χ0n) is 10.6. The van der Waals surface area contributed by atoms with Gasteiger partial charge in [0.25, 0.3) is 0 Å². The van der Waals surface area contributed by atoms with Gasteiger partial charge >= 0.3 is 0 Å². The van der Waals surface area contributed by atoms with Crippen molar-refractivity contribution in [3.8, 4) is 0 Å². The molecule has 0 saturated carbocycles. The summed E-state index contributed by atoms with van der Waals surface area (Å²) >= 11 is 5.62. The Morgan fingerprint density at radius 1 is 1.35 bits per heavy atom. The number of carbonyl (C=O) groups is 1. The second-order valence-corrected chi connectivity index (χ2v) is 7.32. The van der Waals surface area contributed by atoms with Gasteiger partial charge in [-0.15, -0.1) is 0 Å². The summed E-state index contributed by atoms with van der Waals surface area (Å²) in [6, 6.07) is 3.92. The van der Waals surface area contributed by atoms with Gasteiger partial charge in [-0.2, -0.15) is 0 Å². The fourth-order valence-electron chi connectivity index (χ4n) is 1.89. The number of halogens is 2. The molecule has 0 spiro atoms. The molecule has 1 aromatic carbocycles. The lowest BCUT2D eigenvalue weighted by molar-refractivity contribution is -0.117. The largest absolute Gasteiger partial charge is 0.325 e. The Hall–Kier alpha value is -1.18. The van der Waals surface area contributed by atoms with Crippen molar-refractivity contribution in [3.63, 3.8) is 0 Å². The molecule has 110 valence electrons. The van der Waals surface area contributed by atoms with Gasteiger partial charge in [0, 0.05) is 18.8 Å². The third kappa shape index (κ3) is 4.16. The summed E-state index contributed by atoms with van der Waals surface area (Å²) < 4.78 is 35.5. The fraction of sp³-hybridized carbons (Fsp3) is 0.417. The van der Waals surface area contributed by atoms with E-state index >= 15 is 0 Å². The standard InChI is InChI=1S/C12H14ClFN2O3S/c13-10-7-9(1-2-11(10)14)15-12(17)8-16-3-5-20(18,19)6-4-16/h1-2,7H,3-6,8H2,(H,15,17). The van der Waals surface area contributed by atoms with E-state index in [-0.39, 0.29) is 29.0 Å². The molecule has 0 atom stereocenters. The Morgan fingerprint density at radius 3 is 2.60 bits per heavy atom. The molecule has 5 nitrogen and oxygen atoms in total. The van der Waals surface area contributed by atoms with Crippen molar-refractivity contribution in [1.29, 1.82) is 0 Å². The summed E-state index contributed by atoms with van der Waals surface area (Å²) in [6.45, 7) is 0.796. The Kier molecular flexibility index (Phi) is 4.62. The van der Waals surface area contributed by atoms with E-state index in [1.54, 1.807) is 4.90 Å². The van der Waals surface area contributed by atoms with Crippen LogP contribution in [-0.2, 0) is 14.6 Å². The van der Waals surface area contributed by atoms with Gasteiger partial charge in [0.1, 0.15) is 5.82 Å². The highest BCUT2D eigenvalue weighted by Crippen LogP contribution is 2.19. The van der Waals surface area contributed by atoms with Crippen molar-refractivity contribution in [2.45, 2.75) is 0 Å². The average Bonchev–Trinajstić information content (AvgIpc) is 2.36. The summed E-state index contributed by atoms with van der Waals surface area (Å²) in [5.41, 5.74) is 0.408. The molecule has 1 aliphatic rings. The second kappa shape index (κ2) is 6.07. The number of benzene rings is 1. The molecular formula is C12H14ClFN2O3S. The number of hydrogen-bond donors (Lipinski definition) is 1. The Labute approximate surface area is 121 Å². The van der Waals surface area contributed by atoms with Crippen molar-refractivity contribution in [2.75, 3.05) is 36.5 Å². The van der Waals surface area contributed by atoms with Gasteiger partial charge < -0.3 is 5.32 Å². The van der Waals surface area contributed by atoms with Gasteiger partial charge in [0.05, 0.1) is 23.1 Å². The highest BCUT2D eigenvalue weighted by atomic mass is 35.5. The zero-order valence-corrected chi connectivity index (χ0v) is 12.2. The van der Waals surface area contributed by atoms with Crippen LogP contribution in [0.3, 0.4) is 0 Å². The molecule has 1 aliphatic heterocycles. The summed E-state index contributed by atoms with van der Waals surface area (Å²) in [4.78, 5) is 13.6. The minimum atomic E-state index is -2.95. The third-order valence-electron chi connectivity index (χ3n) is 3.01. The Bertz CT molecular complexity index is 607. The molecule has 1 amide bonds. The predicted molar refractivity (Wildman–Crippen MR) is 75.1 cm³/mol. The van der Waals surface area contributed by atoms with Crippen molar-refractivity contribution >= 4 is 33.0 Å². The first kappa shape index (κ1) is 15.2. The quantitative estimate of drug-likeness (QED) is 0.907. The number of nitrogens with zero attached hydrogens (tertiary/aromatic N) is 1. The monoisotopic (exact) mass is 320 g/mol. The summed E-state index contributed by atoms with van der Waals surface area (Å²) in [5.74, 6) is -0.691. The molecule has 20 heavy (non-hydrogen) atoms. The van der Waals surface area contributed by atoms with Gasteiger partial charge in [0.15, 0.2) is 9.84 Å². The van der Waals surface area contributed by atoms with Crippen molar-refractivity contribution in [3.05, 3.63) is 29.0 Å². The number of carbonyl (C=O) groups excluding carboxylic acids is 1. The van der Waals surface area contributed by atoms with E-state index in [0.717, 1.165) is 0 Å². The first-order valence-electron chi connectivity index (χ1n) is 6.03. The van der Waals surface area contributed by atoms with E-state index in [1.807, 2.05) is 0 Å². The van der Waals surface area contributed by atoms with Crippen molar-refractivity contribution in [2.24, 2.45) is 0 Å². The normalized spacial score (nSPS) is 18.7. The van der Waals surface area contributed by atoms with Crippen LogP contribution >= 0.6 is 11.6 Å².